The van der Waals surface area contributed by atoms with Crippen molar-refractivity contribution in [2.45, 2.75) is 33.1 Å². The van der Waals surface area contributed by atoms with Gasteiger partial charge in [0.15, 0.2) is 0 Å². The van der Waals surface area contributed by atoms with E-state index in [1.165, 1.54) is 33.2 Å². The van der Waals surface area contributed by atoms with Crippen LogP contribution in [0.15, 0.2) is 48.7 Å². The van der Waals surface area contributed by atoms with Gasteiger partial charge in [-0.1, -0.05) is 51.1 Å². The lowest BCUT2D eigenvalue weighted by molar-refractivity contribution is 0.865. The van der Waals surface area contributed by atoms with Gasteiger partial charge in [0.2, 0.25) is 0 Å². The minimum Gasteiger partial charge on any atom is -0.361 e. The van der Waals surface area contributed by atoms with Gasteiger partial charge in [0, 0.05) is 17.1 Å². The van der Waals surface area contributed by atoms with Crippen molar-refractivity contribution in [2.75, 3.05) is 0 Å². The van der Waals surface area contributed by atoms with Crippen molar-refractivity contribution < 1.29 is 0 Å². The van der Waals surface area contributed by atoms with Crippen LogP contribution in [0.1, 0.15) is 37.8 Å². The third-order valence-corrected chi connectivity index (χ3v) is 4.03. The highest BCUT2D eigenvalue weighted by atomic mass is 14.7. The van der Waals surface area contributed by atoms with Crippen molar-refractivity contribution in [1.82, 2.24) is 4.98 Å². The molecule has 0 atom stereocenters. The van der Waals surface area contributed by atoms with Gasteiger partial charge in [0.05, 0.1) is 0 Å². The molecule has 1 N–H and O–H groups in total. The Bertz CT molecular complexity index is 734. The molecular weight excluding hydrogens is 242 g/mol. The topological polar surface area (TPSA) is 15.8 Å². The number of hydrogen-bond acceptors (Lipinski definition) is 0. The van der Waals surface area contributed by atoms with E-state index in [0.717, 1.165) is 6.42 Å². The predicted molar refractivity (Wildman–Crippen MR) is 87.2 cm³/mol. The van der Waals surface area contributed by atoms with Crippen molar-refractivity contribution >= 4 is 10.9 Å². The van der Waals surface area contributed by atoms with Crippen LogP contribution in [0.4, 0.5) is 0 Å². The zero-order chi connectivity index (χ0) is 14.1. The zero-order valence-corrected chi connectivity index (χ0v) is 12.4. The van der Waals surface area contributed by atoms with Gasteiger partial charge >= 0.3 is 0 Å². The smallest absolute Gasteiger partial charge is 0.0460 e. The fourth-order valence-electron chi connectivity index (χ4n) is 2.88. The molecule has 3 rings (SSSR count). The third kappa shape index (κ3) is 2.14. The van der Waals surface area contributed by atoms with Crippen LogP contribution in [0.3, 0.4) is 0 Å². The van der Waals surface area contributed by atoms with Gasteiger partial charge < -0.3 is 4.98 Å². The van der Waals surface area contributed by atoms with E-state index in [2.05, 4.69) is 68.2 Å². The Morgan fingerprint density at radius 2 is 1.85 bits per heavy atom. The SMILES string of the molecule is CCc1ccc(-c2cccc3[nH]ccc23)c(C(C)C)c1. The van der Waals surface area contributed by atoms with Crippen LogP contribution in [-0.2, 0) is 6.42 Å². The number of hydrogen-bond donors (Lipinski definition) is 1. The minimum absolute atomic E-state index is 0.533. The highest BCUT2D eigenvalue weighted by Gasteiger charge is 2.12. The molecule has 1 aromatic heterocycles. The summed E-state index contributed by atoms with van der Waals surface area (Å²) in [5.41, 5.74) is 6.76. The molecule has 1 heterocycles. The second-order valence-corrected chi connectivity index (χ2v) is 5.67. The second kappa shape index (κ2) is 5.16. The first-order valence-electron chi connectivity index (χ1n) is 7.40. The summed E-state index contributed by atoms with van der Waals surface area (Å²) in [6.45, 7) is 6.76. The Kier molecular flexibility index (Phi) is 3.35. The van der Waals surface area contributed by atoms with E-state index >= 15 is 0 Å². The normalized spacial score (nSPS) is 11.4. The number of aryl methyl sites for hydroxylation is 1. The first-order chi connectivity index (χ1) is 9.70. The Hall–Kier alpha value is -2.02. The predicted octanol–water partition coefficient (Wildman–Crippen LogP) is 5.52. The zero-order valence-electron chi connectivity index (χ0n) is 12.4. The molecule has 0 aliphatic rings. The minimum atomic E-state index is 0.533. The molecule has 2 aromatic carbocycles. The van der Waals surface area contributed by atoms with Crippen molar-refractivity contribution in [3.63, 3.8) is 0 Å². The molecule has 0 amide bonds. The number of nitrogens with one attached hydrogen (secondary N) is 1. The largest absolute Gasteiger partial charge is 0.361 e. The maximum absolute atomic E-state index is 3.30. The van der Waals surface area contributed by atoms with Gasteiger partial charge in [0.1, 0.15) is 0 Å². The van der Waals surface area contributed by atoms with E-state index in [9.17, 15) is 0 Å². The quantitative estimate of drug-likeness (QED) is 0.640. The van der Waals surface area contributed by atoms with Crippen molar-refractivity contribution in [1.29, 1.82) is 0 Å². The lowest BCUT2D eigenvalue weighted by atomic mass is 9.89. The summed E-state index contributed by atoms with van der Waals surface area (Å²) in [5.74, 6) is 0.533. The van der Waals surface area contributed by atoms with Gasteiger partial charge in [-0.25, -0.2) is 0 Å². The fraction of sp³-hybridized carbons (Fsp3) is 0.263. The van der Waals surface area contributed by atoms with Crippen LogP contribution in [0.5, 0.6) is 0 Å². The Labute approximate surface area is 120 Å². The van der Waals surface area contributed by atoms with Crippen LogP contribution in [-0.4, -0.2) is 4.98 Å². The first-order valence-corrected chi connectivity index (χ1v) is 7.40. The molecule has 1 heteroatoms. The Morgan fingerprint density at radius 3 is 2.60 bits per heavy atom. The summed E-state index contributed by atoms with van der Waals surface area (Å²) >= 11 is 0. The molecule has 102 valence electrons. The molecule has 0 aliphatic heterocycles. The maximum Gasteiger partial charge on any atom is 0.0460 e. The van der Waals surface area contributed by atoms with Gasteiger partial charge in [-0.2, -0.15) is 0 Å². The molecular formula is C19H21N. The number of aromatic nitrogens is 1. The lowest BCUT2D eigenvalue weighted by Gasteiger charge is -2.15. The summed E-state index contributed by atoms with van der Waals surface area (Å²) in [6.07, 6.45) is 3.11. The van der Waals surface area contributed by atoms with Crippen molar-refractivity contribution in [3.05, 3.63) is 59.8 Å². The highest BCUT2D eigenvalue weighted by Crippen LogP contribution is 2.34. The molecule has 0 unspecified atom stereocenters. The average Bonchev–Trinajstić information content (AvgIpc) is 2.95. The Morgan fingerprint density at radius 1 is 1.00 bits per heavy atom. The van der Waals surface area contributed by atoms with Crippen LogP contribution < -0.4 is 0 Å². The average molecular weight is 263 g/mol. The van der Waals surface area contributed by atoms with Crippen molar-refractivity contribution in [2.24, 2.45) is 0 Å². The van der Waals surface area contributed by atoms with E-state index < -0.39 is 0 Å². The van der Waals surface area contributed by atoms with Crippen LogP contribution in [0.25, 0.3) is 22.0 Å². The van der Waals surface area contributed by atoms with Gasteiger partial charge in [0.25, 0.3) is 0 Å². The number of aromatic amines is 1. The first kappa shape index (κ1) is 13.0. The number of benzene rings is 2. The fourth-order valence-corrected chi connectivity index (χ4v) is 2.88. The van der Waals surface area contributed by atoms with E-state index in [1.54, 1.807) is 0 Å². The van der Waals surface area contributed by atoms with E-state index in [-0.39, 0.29) is 0 Å². The lowest BCUT2D eigenvalue weighted by Crippen LogP contribution is -1.95. The summed E-state index contributed by atoms with van der Waals surface area (Å²) in [7, 11) is 0. The van der Waals surface area contributed by atoms with E-state index in [4.69, 9.17) is 0 Å². The van der Waals surface area contributed by atoms with Crippen LogP contribution in [0.2, 0.25) is 0 Å². The molecule has 0 saturated heterocycles. The highest BCUT2D eigenvalue weighted by molar-refractivity contribution is 5.96. The molecule has 3 aromatic rings. The van der Waals surface area contributed by atoms with Gasteiger partial charge in [-0.05, 0) is 46.7 Å². The van der Waals surface area contributed by atoms with Crippen LogP contribution >= 0.6 is 0 Å². The maximum atomic E-state index is 3.30. The van der Waals surface area contributed by atoms with Crippen molar-refractivity contribution in [3.8, 4) is 11.1 Å². The Balaban J connectivity index is 2.26. The standard InChI is InChI=1S/C19H21N/c1-4-14-8-9-16(18(12-14)13(2)3)15-6-5-7-19-17(15)10-11-20-19/h5-13,20H,4H2,1-3H3. The van der Waals surface area contributed by atoms with E-state index in [1.807, 2.05) is 6.20 Å². The summed E-state index contributed by atoms with van der Waals surface area (Å²) in [4.78, 5) is 3.30. The summed E-state index contributed by atoms with van der Waals surface area (Å²) in [5, 5.41) is 1.30. The molecule has 0 saturated carbocycles. The molecule has 20 heavy (non-hydrogen) atoms. The summed E-state index contributed by atoms with van der Waals surface area (Å²) in [6, 6.07) is 15.6. The monoisotopic (exact) mass is 263 g/mol. The molecule has 0 fully saturated rings. The van der Waals surface area contributed by atoms with Gasteiger partial charge in [-0.15, -0.1) is 0 Å². The van der Waals surface area contributed by atoms with Gasteiger partial charge in [-0.3, -0.25) is 0 Å². The summed E-state index contributed by atoms with van der Waals surface area (Å²) < 4.78 is 0. The van der Waals surface area contributed by atoms with E-state index in [0.29, 0.717) is 5.92 Å². The number of H-pyrrole nitrogens is 1. The number of fused-ring (bicyclic) bond motifs is 1. The number of rotatable bonds is 3. The third-order valence-electron chi connectivity index (χ3n) is 4.03. The second-order valence-electron chi connectivity index (χ2n) is 5.67. The molecule has 0 radical (unpaired) electrons. The van der Waals surface area contributed by atoms with Crippen LogP contribution in [0, 0.1) is 0 Å². The molecule has 0 bridgehead atoms. The molecule has 1 nitrogen and oxygen atoms in total. The molecule has 0 aliphatic carbocycles. The molecule has 0 spiro atoms.